The maximum atomic E-state index is 12.5. The molecule has 122 valence electrons. The molecule has 7 heteroatoms. The van der Waals surface area contributed by atoms with Gasteiger partial charge in [0.05, 0.1) is 0 Å². The Bertz CT molecular complexity index is 759. The molecule has 0 aromatic carbocycles. The molecule has 23 heavy (non-hydrogen) atoms. The summed E-state index contributed by atoms with van der Waals surface area (Å²) in [4.78, 5) is 38.9. The Morgan fingerprint density at radius 3 is 2.39 bits per heavy atom. The number of hydrogen-bond acceptors (Lipinski definition) is 4. The van der Waals surface area contributed by atoms with Crippen LogP contribution in [-0.2, 0) is 11.3 Å². The van der Waals surface area contributed by atoms with Crippen molar-refractivity contribution < 1.29 is 4.79 Å². The van der Waals surface area contributed by atoms with Gasteiger partial charge in [-0.15, -0.1) is 0 Å². The van der Waals surface area contributed by atoms with Crippen LogP contribution < -0.4 is 11.2 Å². The monoisotopic (exact) mass is 316 g/mol. The molecule has 2 fully saturated rings. The van der Waals surface area contributed by atoms with Crippen LogP contribution in [0, 0.1) is 11.3 Å². The van der Waals surface area contributed by atoms with Crippen molar-refractivity contribution in [2.75, 3.05) is 13.1 Å². The highest BCUT2D eigenvalue weighted by Crippen LogP contribution is 2.33. The van der Waals surface area contributed by atoms with E-state index in [-0.39, 0.29) is 24.1 Å². The van der Waals surface area contributed by atoms with Crippen molar-refractivity contribution in [1.82, 2.24) is 14.0 Å². The fourth-order valence-corrected chi connectivity index (χ4v) is 3.01. The molecule has 0 bridgehead atoms. The van der Waals surface area contributed by atoms with E-state index in [1.165, 1.54) is 10.8 Å². The lowest BCUT2D eigenvalue weighted by Gasteiger charge is -2.20. The van der Waals surface area contributed by atoms with Crippen LogP contribution in [0.5, 0.6) is 0 Å². The molecule has 2 heterocycles. The van der Waals surface area contributed by atoms with E-state index in [2.05, 4.69) is 0 Å². The molecule has 0 radical (unpaired) electrons. The molecule has 1 aromatic heterocycles. The summed E-state index contributed by atoms with van der Waals surface area (Å²) in [6.07, 6.45) is 7.15. The molecule has 1 aromatic rings. The molecule has 0 N–H and O–H groups in total. The van der Waals surface area contributed by atoms with Crippen molar-refractivity contribution in [2.45, 2.75) is 51.1 Å². The fraction of sp³-hybridized carbons (Fsp3) is 0.625. The van der Waals surface area contributed by atoms with Gasteiger partial charge in [-0.1, -0.05) is 12.8 Å². The van der Waals surface area contributed by atoms with Crippen molar-refractivity contribution in [1.29, 1.82) is 5.26 Å². The molecule has 1 aliphatic carbocycles. The summed E-state index contributed by atoms with van der Waals surface area (Å²) in [5.41, 5.74) is -1.24. The summed E-state index contributed by atoms with van der Waals surface area (Å²) in [5.74, 6) is -0.219. The van der Waals surface area contributed by atoms with Crippen LogP contribution in [0.1, 0.15) is 50.1 Å². The van der Waals surface area contributed by atoms with Gasteiger partial charge in [-0.3, -0.25) is 14.2 Å². The van der Waals surface area contributed by atoms with E-state index in [1.54, 1.807) is 4.90 Å². The van der Waals surface area contributed by atoms with Gasteiger partial charge >= 0.3 is 5.69 Å². The smallest absolute Gasteiger partial charge is 0.331 e. The zero-order valence-corrected chi connectivity index (χ0v) is 13.0. The first kappa shape index (κ1) is 15.5. The number of amides is 1. The zero-order chi connectivity index (χ0) is 16.4. The van der Waals surface area contributed by atoms with E-state index in [1.807, 2.05) is 6.07 Å². The number of nitrogens with zero attached hydrogens (tertiary/aromatic N) is 4. The van der Waals surface area contributed by atoms with Crippen LogP contribution in [0.3, 0.4) is 0 Å². The largest absolute Gasteiger partial charge is 0.341 e. The van der Waals surface area contributed by atoms with Gasteiger partial charge in [0.25, 0.3) is 5.56 Å². The molecule has 0 unspecified atom stereocenters. The number of hydrogen-bond donors (Lipinski definition) is 0. The van der Waals surface area contributed by atoms with Crippen LogP contribution in [0.15, 0.2) is 15.8 Å². The minimum absolute atomic E-state index is 0.0507. The Morgan fingerprint density at radius 1 is 1.17 bits per heavy atom. The van der Waals surface area contributed by atoms with Gasteiger partial charge in [0.2, 0.25) is 5.91 Å². The molecule has 1 aliphatic heterocycles. The van der Waals surface area contributed by atoms with Crippen LogP contribution in [0.25, 0.3) is 0 Å². The van der Waals surface area contributed by atoms with Gasteiger partial charge < -0.3 is 4.90 Å². The Morgan fingerprint density at radius 2 is 1.83 bits per heavy atom. The fourth-order valence-electron chi connectivity index (χ4n) is 3.01. The van der Waals surface area contributed by atoms with Crippen LogP contribution >= 0.6 is 0 Å². The number of nitriles is 1. The maximum absolute atomic E-state index is 12.5. The average molecular weight is 316 g/mol. The van der Waals surface area contributed by atoms with Gasteiger partial charge in [0, 0.05) is 25.3 Å². The van der Waals surface area contributed by atoms with Crippen molar-refractivity contribution in [3.63, 3.8) is 0 Å². The average Bonchev–Trinajstić information content (AvgIpc) is 3.37. The molecular weight excluding hydrogens is 296 g/mol. The Balaban J connectivity index is 1.91. The molecule has 0 atom stereocenters. The second kappa shape index (κ2) is 6.41. The third kappa shape index (κ3) is 3.21. The number of aromatic nitrogens is 2. The van der Waals surface area contributed by atoms with E-state index in [4.69, 9.17) is 5.26 Å². The van der Waals surface area contributed by atoms with Crippen molar-refractivity contribution >= 4 is 5.91 Å². The Hall–Kier alpha value is -2.36. The standard InChI is InChI=1S/C16H20N4O3/c17-9-12-10-19(13-5-6-13)16(23)20(15(12)22)11-14(21)18-7-3-1-2-4-8-18/h10,13H,1-8,11H2. The van der Waals surface area contributed by atoms with Gasteiger partial charge in [0.15, 0.2) is 0 Å². The van der Waals surface area contributed by atoms with Crippen LogP contribution in [0.2, 0.25) is 0 Å². The van der Waals surface area contributed by atoms with E-state index < -0.39 is 11.2 Å². The first-order chi connectivity index (χ1) is 11.1. The highest BCUT2D eigenvalue weighted by Gasteiger charge is 2.27. The maximum Gasteiger partial charge on any atom is 0.331 e. The normalized spacial score (nSPS) is 18.3. The quantitative estimate of drug-likeness (QED) is 0.818. The topological polar surface area (TPSA) is 88.1 Å². The van der Waals surface area contributed by atoms with E-state index >= 15 is 0 Å². The highest BCUT2D eigenvalue weighted by atomic mass is 16.2. The first-order valence-electron chi connectivity index (χ1n) is 8.15. The minimum Gasteiger partial charge on any atom is -0.341 e. The van der Waals surface area contributed by atoms with Gasteiger partial charge in [-0.2, -0.15) is 5.26 Å². The van der Waals surface area contributed by atoms with E-state index in [9.17, 15) is 14.4 Å². The lowest BCUT2D eigenvalue weighted by atomic mass is 10.2. The van der Waals surface area contributed by atoms with E-state index in [0.717, 1.165) is 43.1 Å². The third-order valence-corrected chi connectivity index (χ3v) is 4.51. The summed E-state index contributed by atoms with van der Waals surface area (Å²) in [5, 5.41) is 9.11. The summed E-state index contributed by atoms with van der Waals surface area (Å²) < 4.78 is 2.35. The molecule has 7 nitrogen and oxygen atoms in total. The summed E-state index contributed by atoms with van der Waals surface area (Å²) in [6, 6.07) is 1.88. The van der Waals surface area contributed by atoms with Gasteiger partial charge in [-0.05, 0) is 25.7 Å². The molecule has 0 spiro atoms. The number of carbonyl (C=O) groups is 1. The summed E-state index contributed by atoms with van der Waals surface area (Å²) in [6.45, 7) is 1.06. The second-order valence-corrected chi connectivity index (χ2v) is 6.26. The van der Waals surface area contributed by atoms with Crippen molar-refractivity contribution in [2.24, 2.45) is 0 Å². The number of rotatable bonds is 3. The van der Waals surface area contributed by atoms with Gasteiger partial charge in [-0.25, -0.2) is 9.36 Å². The first-order valence-corrected chi connectivity index (χ1v) is 8.15. The SMILES string of the molecule is N#Cc1cn(C2CC2)c(=O)n(CC(=O)N2CCCCCC2)c1=O. The molecule has 1 amide bonds. The van der Waals surface area contributed by atoms with Crippen molar-refractivity contribution in [3.8, 4) is 6.07 Å². The molecule has 1 saturated heterocycles. The Labute approximate surface area is 133 Å². The van der Waals surface area contributed by atoms with Crippen LogP contribution in [-0.4, -0.2) is 33.0 Å². The lowest BCUT2D eigenvalue weighted by Crippen LogP contribution is -2.45. The predicted molar refractivity (Wildman–Crippen MR) is 83.0 cm³/mol. The highest BCUT2D eigenvalue weighted by molar-refractivity contribution is 5.76. The predicted octanol–water partition coefficient (Wildman–Crippen LogP) is 0.619. The lowest BCUT2D eigenvalue weighted by molar-refractivity contribution is -0.131. The molecule has 2 aliphatic rings. The van der Waals surface area contributed by atoms with Crippen molar-refractivity contribution in [3.05, 3.63) is 32.6 Å². The molecule has 1 saturated carbocycles. The number of carbonyl (C=O) groups excluding carboxylic acids is 1. The summed E-state index contributed by atoms with van der Waals surface area (Å²) >= 11 is 0. The van der Waals surface area contributed by atoms with E-state index in [0.29, 0.717) is 13.1 Å². The second-order valence-electron chi connectivity index (χ2n) is 6.26. The molecule has 3 rings (SSSR count). The zero-order valence-electron chi connectivity index (χ0n) is 13.0. The Kier molecular flexibility index (Phi) is 4.33. The van der Waals surface area contributed by atoms with Crippen LogP contribution in [0.4, 0.5) is 0 Å². The molecular formula is C16H20N4O3. The van der Waals surface area contributed by atoms with Gasteiger partial charge in [0.1, 0.15) is 18.2 Å². The minimum atomic E-state index is -0.669. The summed E-state index contributed by atoms with van der Waals surface area (Å²) in [7, 11) is 0. The number of likely N-dealkylation sites (tertiary alicyclic amines) is 1. The third-order valence-electron chi connectivity index (χ3n) is 4.51.